The van der Waals surface area contributed by atoms with Crippen molar-refractivity contribution in [1.82, 2.24) is 0 Å². The number of hydrogen-bond donors (Lipinski definition) is 0. The summed E-state index contributed by atoms with van der Waals surface area (Å²) in [5.41, 5.74) is 6.11. The molecule has 0 spiro atoms. The highest BCUT2D eigenvalue weighted by Crippen LogP contribution is 2.41. The molecule has 1 aliphatic rings. The van der Waals surface area contributed by atoms with Crippen LogP contribution in [0.25, 0.3) is 11.1 Å². The van der Waals surface area contributed by atoms with Gasteiger partial charge < -0.3 is 23.7 Å². The molecular weight excluding hydrogens is 591 g/mol. The standard InChI is InChI=1S/C37H39FO6S/c1-24-15-30(41-13-8-14-45-4)16-25(2)37(24)32-17-28(33(38)20-35(32)43-21-26-9-6-5-7-10-26)23-42-29-11-12-31-27(18-36(39)40-3)22-44-34(31)19-29/h5-7,9-12,15-17,19-20,27H,8,13-14,18,21-23H2,1-4H3/t27-/m1/s1. The van der Waals surface area contributed by atoms with Gasteiger partial charge in [-0.2, -0.15) is 11.8 Å². The lowest BCUT2D eigenvalue weighted by molar-refractivity contribution is -0.141. The number of hydrogen-bond acceptors (Lipinski definition) is 7. The number of ether oxygens (including phenoxy) is 5. The molecule has 4 aromatic carbocycles. The Hall–Kier alpha value is -4.17. The summed E-state index contributed by atoms with van der Waals surface area (Å²) in [6, 6.07) is 22.7. The molecule has 236 valence electrons. The highest BCUT2D eigenvalue weighted by atomic mass is 32.2. The summed E-state index contributed by atoms with van der Waals surface area (Å²) >= 11 is 1.80. The smallest absolute Gasteiger partial charge is 0.306 e. The van der Waals surface area contributed by atoms with E-state index in [0.717, 1.165) is 51.3 Å². The van der Waals surface area contributed by atoms with E-state index in [2.05, 4.69) is 6.26 Å². The van der Waals surface area contributed by atoms with Crippen LogP contribution in [0.1, 0.15) is 46.6 Å². The summed E-state index contributed by atoms with van der Waals surface area (Å²) in [5, 5.41) is 0. The quantitative estimate of drug-likeness (QED) is 0.102. The Kier molecular flexibility index (Phi) is 10.9. The van der Waals surface area contributed by atoms with E-state index in [1.165, 1.54) is 13.2 Å². The van der Waals surface area contributed by atoms with Crippen molar-refractivity contribution in [3.63, 3.8) is 0 Å². The molecule has 0 radical (unpaired) electrons. The minimum absolute atomic E-state index is 0.0108. The molecule has 0 fully saturated rings. The van der Waals surface area contributed by atoms with Crippen LogP contribution in [-0.2, 0) is 22.7 Å². The predicted molar refractivity (Wildman–Crippen MR) is 176 cm³/mol. The minimum atomic E-state index is -0.415. The molecule has 1 heterocycles. The third-order valence-electron chi connectivity index (χ3n) is 7.82. The van der Waals surface area contributed by atoms with Gasteiger partial charge in [-0.05, 0) is 78.8 Å². The molecule has 0 saturated heterocycles. The maximum atomic E-state index is 15.6. The summed E-state index contributed by atoms with van der Waals surface area (Å²) in [7, 11) is 1.38. The fraction of sp³-hybridized carbons (Fsp3) is 0.324. The lowest BCUT2D eigenvalue weighted by Gasteiger charge is -2.19. The molecule has 0 bridgehead atoms. The molecule has 1 aliphatic heterocycles. The van der Waals surface area contributed by atoms with Crippen molar-refractivity contribution in [3.05, 3.63) is 106 Å². The first-order valence-corrected chi connectivity index (χ1v) is 16.4. The minimum Gasteiger partial charge on any atom is -0.494 e. The molecule has 0 N–H and O–H groups in total. The lowest BCUT2D eigenvalue weighted by atomic mass is 9.93. The van der Waals surface area contributed by atoms with E-state index in [-0.39, 0.29) is 24.9 Å². The molecule has 4 aromatic rings. The van der Waals surface area contributed by atoms with Crippen molar-refractivity contribution in [2.75, 3.05) is 32.3 Å². The number of carbonyl (C=O) groups is 1. The van der Waals surface area contributed by atoms with Gasteiger partial charge in [0.1, 0.15) is 42.0 Å². The number of methoxy groups -OCH3 is 1. The van der Waals surface area contributed by atoms with Gasteiger partial charge in [-0.3, -0.25) is 4.79 Å². The zero-order valence-corrected chi connectivity index (χ0v) is 27.0. The number of esters is 1. The average molecular weight is 631 g/mol. The molecule has 6 nitrogen and oxygen atoms in total. The molecule has 0 unspecified atom stereocenters. The van der Waals surface area contributed by atoms with Crippen molar-refractivity contribution < 1.29 is 32.9 Å². The van der Waals surface area contributed by atoms with Gasteiger partial charge in [0.25, 0.3) is 0 Å². The van der Waals surface area contributed by atoms with Crippen LogP contribution in [0.3, 0.4) is 0 Å². The van der Waals surface area contributed by atoms with E-state index >= 15 is 4.39 Å². The van der Waals surface area contributed by atoms with E-state index in [4.69, 9.17) is 23.7 Å². The molecule has 1 atom stereocenters. The Morgan fingerprint density at radius 2 is 1.71 bits per heavy atom. The van der Waals surface area contributed by atoms with Crippen molar-refractivity contribution in [2.24, 2.45) is 0 Å². The number of carbonyl (C=O) groups excluding carboxylic acids is 1. The maximum Gasteiger partial charge on any atom is 0.306 e. The maximum absolute atomic E-state index is 15.6. The zero-order chi connectivity index (χ0) is 31.8. The van der Waals surface area contributed by atoms with Gasteiger partial charge in [0.05, 0.1) is 26.7 Å². The molecular formula is C37H39FO6S. The first-order chi connectivity index (χ1) is 21.9. The molecule has 8 heteroatoms. The van der Waals surface area contributed by atoms with E-state index in [1.54, 1.807) is 17.8 Å². The Bertz CT molecular complexity index is 1600. The first-order valence-electron chi connectivity index (χ1n) is 15.0. The number of thioether (sulfide) groups is 1. The molecule has 5 rings (SSSR count). The number of halogens is 1. The van der Waals surface area contributed by atoms with Crippen LogP contribution in [0, 0.1) is 19.7 Å². The average Bonchev–Trinajstić information content (AvgIpc) is 3.43. The van der Waals surface area contributed by atoms with Crippen molar-refractivity contribution in [3.8, 4) is 34.1 Å². The molecule has 0 aromatic heterocycles. The number of fused-ring (bicyclic) bond motifs is 1. The monoisotopic (exact) mass is 630 g/mol. The summed E-state index contributed by atoms with van der Waals surface area (Å²) in [5.74, 6) is 2.78. The van der Waals surface area contributed by atoms with Crippen LogP contribution in [0.2, 0.25) is 0 Å². The summed E-state index contributed by atoms with van der Waals surface area (Å²) in [6.07, 6.45) is 3.32. The third-order valence-corrected chi connectivity index (χ3v) is 8.52. The molecule has 0 aliphatic carbocycles. The highest BCUT2D eigenvalue weighted by Gasteiger charge is 2.27. The van der Waals surface area contributed by atoms with Gasteiger partial charge in [0.15, 0.2) is 0 Å². The van der Waals surface area contributed by atoms with Crippen LogP contribution < -0.4 is 18.9 Å². The fourth-order valence-electron chi connectivity index (χ4n) is 5.55. The van der Waals surface area contributed by atoms with Crippen molar-refractivity contribution >= 4 is 17.7 Å². The van der Waals surface area contributed by atoms with Gasteiger partial charge in [-0.1, -0.05) is 36.4 Å². The van der Waals surface area contributed by atoms with Crippen LogP contribution >= 0.6 is 11.8 Å². The Morgan fingerprint density at radius 1 is 0.933 bits per heavy atom. The zero-order valence-electron chi connectivity index (χ0n) is 26.2. The van der Waals surface area contributed by atoms with E-state index < -0.39 is 5.82 Å². The molecule has 0 amide bonds. The Morgan fingerprint density at radius 3 is 2.44 bits per heavy atom. The largest absolute Gasteiger partial charge is 0.494 e. The summed E-state index contributed by atoms with van der Waals surface area (Å²) in [4.78, 5) is 11.8. The van der Waals surface area contributed by atoms with Gasteiger partial charge in [-0.15, -0.1) is 0 Å². The van der Waals surface area contributed by atoms with Gasteiger partial charge >= 0.3 is 5.97 Å². The number of aryl methyl sites for hydroxylation is 2. The Balaban J connectivity index is 1.40. The second-order valence-corrected chi connectivity index (χ2v) is 12.1. The second-order valence-electron chi connectivity index (χ2n) is 11.1. The van der Waals surface area contributed by atoms with Crippen LogP contribution in [0.15, 0.2) is 72.8 Å². The number of rotatable bonds is 14. The van der Waals surface area contributed by atoms with Crippen molar-refractivity contribution in [2.45, 2.75) is 45.8 Å². The SMILES string of the molecule is COC(=O)C[C@@H]1COc2cc(OCc3cc(-c4c(C)cc(OCCCSC)cc4C)c(OCc4ccccc4)cc3F)ccc21. The molecule has 45 heavy (non-hydrogen) atoms. The van der Waals surface area contributed by atoms with Crippen LogP contribution in [0.5, 0.6) is 23.0 Å². The third kappa shape index (κ3) is 8.11. The van der Waals surface area contributed by atoms with E-state index in [1.807, 2.05) is 74.5 Å². The van der Waals surface area contributed by atoms with E-state index in [9.17, 15) is 4.79 Å². The summed E-state index contributed by atoms with van der Waals surface area (Å²) in [6.45, 7) is 5.45. The normalized spacial score (nSPS) is 13.6. The van der Waals surface area contributed by atoms with Crippen molar-refractivity contribution in [1.29, 1.82) is 0 Å². The Labute approximate surface area is 268 Å². The summed E-state index contributed by atoms with van der Waals surface area (Å²) < 4.78 is 44.6. The van der Waals surface area contributed by atoms with Gasteiger partial charge in [-0.25, -0.2) is 4.39 Å². The second kappa shape index (κ2) is 15.2. The fourth-order valence-corrected chi connectivity index (χ4v) is 5.95. The predicted octanol–water partition coefficient (Wildman–Crippen LogP) is 8.44. The highest BCUT2D eigenvalue weighted by molar-refractivity contribution is 7.98. The number of benzene rings is 4. The van der Waals surface area contributed by atoms with E-state index in [0.29, 0.717) is 42.6 Å². The first kappa shape index (κ1) is 32.2. The molecule has 0 saturated carbocycles. The van der Waals surface area contributed by atoms with Gasteiger partial charge in [0, 0.05) is 34.7 Å². The van der Waals surface area contributed by atoms with Crippen LogP contribution in [-0.4, -0.2) is 38.3 Å². The van der Waals surface area contributed by atoms with Gasteiger partial charge in [0.2, 0.25) is 0 Å². The topological polar surface area (TPSA) is 63.2 Å². The lowest BCUT2D eigenvalue weighted by Crippen LogP contribution is -2.09. The van der Waals surface area contributed by atoms with Crippen LogP contribution in [0.4, 0.5) is 4.39 Å².